The second-order valence-electron chi connectivity index (χ2n) is 2.51. The van der Waals surface area contributed by atoms with Crippen molar-refractivity contribution in [1.29, 1.82) is 0 Å². The molecule has 1 aliphatic rings. The van der Waals surface area contributed by atoms with E-state index in [4.69, 9.17) is 4.84 Å². The summed E-state index contributed by atoms with van der Waals surface area (Å²) in [5, 5.41) is 5.31. The Morgan fingerprint density at radius 1 is 1.40 bits per heavy atom. The minimum Gasteiger partial charge on any atom is -0.314 e. The molecule has 3 heteroatoms. The van der Waals surface area contributed by atoms with Gasteiger partial charge in [-0.3, -0.25) is 4.84 Å². The maximum atomic E-state index is 5.43. The van der Waals surface area contributed by atoms with Crippen LogP contribution >= 0.6 is 0 Å². The summed E-state index contributed by atoms with van der Waals surface area (Å²) in [4.78, 5) is 5.43. The fraction of sp³-hybridized carbons (Fsp3) is 1.00. The Bertz CT molecular complexity index is 81.7. The van der Waals surface area contributed by atoms with E-state index in [1.807, 2.05) is 5.06 Å². The minimum atomic E-state index is 0.861. The van der Waals surface area contributed by atoms with Gasteiger partial charge in [-0.05, 0) is 6.42 Å². The fourth-order valence-corrected chi connectivity index (χ4v) is 0.994. The van der Waals surface area contributed by atoms with Crippen LogP contribution in [-0.4, -0.2) is 37.8 Å². The third kappa shape index (κ3) is 2.64. The third-order valence-electron chi connectivity index (χ3n) is 1.55. The Hall–Kier alpha value is -0.120. The molecule has 10 heavy (non-hydrogen) atoms. The molecule has 1 rings (SSSR count). The zero-order chi connectivity index (χ0) is 7.23. The molecule has 0 unspecified atom stereocenters. The molecule has 1 fully saturated rings. The monoisotopic (exact) mass is 144 g/mol. The Labute approximate surface area is 62.3 Å². The summed E-state index contributed by atoms with van der Waals surface area (Å²) in [6.07, 6.45) is 1.10. The molecular formula is C7H16N2O. The van der Waals surface area contributed by atoms with Crippen molar-refractivity contribution in [2.24, 2.45) is 0 Å². The van der Waals surface area contributed by atoms with Gasteiger partial charge in [0.05, 0.1) is 6.61 Å². The van der Waals surface area contributed by atoms with E-state index in [2.05, 4.69) is 12.2 Å². The van der Waals surface area contributed by atoms with Gasteiger partial charge in [-0.1, -0.05) is 6.92 Å². The fourth-order valence-electron chi connectivity index (χ4n) is 0.994. The molecule has 60 valence electrons. The normalized spacial score (nSPS) is 21.3. The lowest BCUT2D eigenvalue weighted by atomic mass is 10.4. The van der Waals surface area contributed by atoms with Crippen LogP contribution in [0.1, 0.15) is 13.3 Å². The molecule has 1 heterocycles. The lowest BCUT2D eigenvalue weighted by Gasteiger charge is -2.25. The number of hydrogen-bond donors (Lipinski definition) is 1. The maximum absolute atomic E-state index is 5.43. The first-order chi connectivity index (χ1) is 4.93. The van der Waals surface area contributed by atoms with Crippen molar-refractivity contribution in [3.63, 3.8) is 0 Å². The van der Waals surface area contributed by atoms with Crippen LogP contribution in [0.25, 0.3) is 0 Å². The van der Waals surface area contributed by atoms with Crippen LogP contribution < -0.4 is 5.32 Å². The Kier molecular flexibility index (Phi) is 3.72. The molecule has 0 aromatic rings. The Morgan fingerprint density at radius 3 is 2.70 bits per heavy atom. The summed E-state index contributed by atoms with van der Waals surface area (Å²) in [6.45, 7) is 7.16. The molecule has 0 saturated carbocycles. The van der Waals surface area contributed by atoms with E-state index in [9.17, 15) is 0 Å². The predicted molar refractivity (Wildman–Crippen MR) is 40.7 cm³/mol. The first-order valence-electron chi connectivity index (χ1n) is 4.02. The molecule has 0 atom stereocenters. The largest absolute Gasteiger partial charge is 0.314 e. The van der Waals surface area contributed by atoms with Crippen LogP contribution in [0.2, 0.25) is 0 Å². The van der Waals surface area contributed by atoms with Crippen LogP contribution in [0, 0.1) is 0 Å². The van der Waals surface area contributed by atoms with Crippen LogP contribution in [0.4, 0.5) is 0 Å². The first kappa shape index (κ1) is 7.98. The molecule has 0 aromatic heterocycles. The van der Waals surface area contributed by atoms with Crippen LogP contribution in [-0.2, 0) is 4.84 Å². The Morgan fingerprint density at radius 2 is 2.10 bits per heavy atom. The van der Waals surface area contributed by atoms with Crippen molar-refractivity contribution in [3.05, 3.63) is 0 Å². The summed E-state index contributed by atoms with van der Waals surface area (Å²) in [6, 6.07) is 0. The minimum absolute atomic E-state index is 0.861. The number of piperazine rings is 1. The number of hydrogen-bond acceptors (Lipinski definition) is 3. The highest BCUT2D eigenvalue weighted by Crippen LogP contribution is 1.93. The first-order valence-corrected chi connectivity index (χ1v) is 4.02. The van der Waals surface area contributed by atoms with Gasteiger partial charge in [0, 0.05) is 26.2 Å². The average molecular weight is 144 g/mol. The highest BCUT2D eigenvalue weighted by Gasteiger charge is 2.07. The van der Waals surface area contributed by atoms with Crippen LogP contribution in [0.15, 0.2) is 0 Å². The summed E-state index contributed by atoms with van der Waals surface area (Å²) in [5.41, 5.74) is 0. The zero-order valence-electron chi connectivity index (χ0n) is 6.60. The highest BCUT2D eigenvalue weighted by molar-refractivity contribution is 4.59. The van der Waals surface area contributed by atoms with E-state index in [0.29, 0.717) is 0 Å². The standard InChI is InChI=1S/C7H16N2O/c1-2-7-10-9-5-3-8-4-6-9/h8H,2-7H2,1H3. The molecule has 0 aromatic carbocycles. The van der Waals surface area contributed by atoms with E-state index in [1.165, 1.54) is 0 Å². The van der Waals surface area contributed by atoms with Crippen LogP contribution in [0.5, 0.6) is 0 Å². The smallest absolute Gasteiger partial charge is 0.0682 e. The molecule has 1 N–H and O–H groups in total. The lowest BCUT2D eigenvalue weighted by molar-refractivity contribution is -0.164. The maximum Gasteiger partial charge on any atom is 0.0682 e. The second kappa shape index (κ2) is 4.66. The van der Waals surface area contributed by atoms with Crippen molar-refractivity contribution >= 4 is 0 Å². The zero-order valence-corrected chi connectivity index (χ0v) is 6.60. The van der Waals surface area contributed by atoms with Gasteiger partial charge in [0.2, 0.25) is 0 Å². The van der Waals surface area contributed by atoms with Crippen molar-refractivity contribution in [3.8, 4) is 0 Å². The molecule has 1 saturated heterocycles. The number of hydroxylamine groups is 2. The predicted octanol–water partition coefficient (Wildman–Crippen LogP) is 0.233. The number of nitrogens with zero attached hydrogens (tertiary/aromatic N) is 1. The van der Waals surface area contributed by atoms with E-state index < -0.39 is 0 Å². The van der Waals surface area contributed by atoms with E-state index in [0.717, 1.165) is 39.2 Å². The van der Waals surface area contributed by atoms with Gasteiger partial charge in [-0.15, -0.1) is 0 Å². The van der Waals surface area contributed by atoms with Gasteiger partial charge in [-0.25, -0.2) is 0 Å². The second-order valence-corrected chi connectivity index (χ2v) is 2.51. The lowest BCUT2D eigenvalue weighted by Crippen LogP contribution is -2.43. The number of nitrogens with one attached hydrogen (secondary N) is 1. The van der Waals surface area contributed by atoms with Gasteiger partial charge >= 0.3 is 0 Å². The van der Waals surface area contributed by atoms with Crippen LogP contribution in [0.3, 0.4) is 0 Å². The van der Waals surface area contributed by atoms with Gasteiger partial charge in [-0.2, -0.15) is 5.06 Å². The molecule has 0 aliphatic carbocycles. The van der Waals surface area contributed by atoms with E-state index >= 15 is 0 Å². The molecular weight excluding hydrogens is 128 g/mol. The van der Waals surface area contributed by atoms with Gasteiger partial charge < -0.3 is 5.32 Å². The Balaban J connectivity index is 2.02. The van der Waals surface area contributed by atoms with Crippen molar-refractivity contribution in [2.45, 2.75) is 13.3 Å². The van der Waals surface area contributed by atoms with E-state index in [1.54, 1.807) is 0 Å². The van der Waals surface area contributed by atoms with Crippen molar-refractivity contribution < 1.29 is 4.84 Å². The summed E-state index contributed by atoms with van der Waals surface area (Å²) in [5.74, 6) is 0. The third-order valence-corrected chi connectivity index (χ3v) is 1.55. The molecule has 1 aliphatic heterocycles. The highest BCUT2D eigenvalue weighted by atomic mass is 16.7. The van der Waals surface area contributed by atoms with Gasteiger partial charge in [0.25, 0.3) is 0 Å². The molecule has 0 bridgehead atoms. The summed E-state index contributed by atoms with van der Waals surface area (Å²) in [7, 11) is 0. The van der Waals surface area contributed by atoms with E-state index in [-0.39, 0.29) is 0 Å². The SMILES string of the molecule is CCCON1CCNCC1. The van der Waals surface area contributed by atoms with Crippen molar-refractivity contribution in [2.75, 3.05) is 32.8 Å². The number of rotatable bonds is 3. The summed E-state index contributed by atoms with van der Waals surface area (Å²) >= 11 is 0. The molecule has 3 nitrogen and oxygen atoms in total. The topological polar surface area (TPSA) is 24.5 Å². The molecule has 0 amide bonds. The van der Waals surface area contributed by atoms with Gasteiger partial charge in [0.1, 0.15) is 0 Å². The quantitative estimate of drug-likeness (QED) is 0.614. The summed E-state index contributed by atoms with van der Waals surface area (Å²) < 4.78 is 0. The van der Waals surface area contributed by atoms with Crippen molar-refractivity contribution in [1.82, 2.24) is 10.4 Å². The molecule has 0 radical (unpaired) electrons. The average Bonchev–Trinajstić information content (AvgIpc) is 2.03. The van der Waals surface area contributed by atoms with Gasteiger partial charge in [0.15, 0.2) is 0 Å². The molecule has 0 spiro atoms.